The number of thioether (sulfide) groups is 1. The summed E-state index contributed by atoms with van der Waals surface area (Å²) >= 11 is 1.49. The quantitative estimate of drug-likeness (QED) is 0.536. The Balaban J connectivity index is 1.46. The number of allylic oxidation sites excluding steroid dienone is 1. The second-order valence-electron chi connectivity index (χ2n) is 7.70. The fourth-order valence-corrected chi connectivity index (χ4v) is 5.47. The molecule has 2 atom stereocenters. The van der Waals surface area contributed by atoms with Gasteiger partial charge in [-0.1, -0.05) is 61.0 Å². The summed E-state index contributed by atoms with van der Waals surface area (Å²) in [6, 6.07) is 10.5. The number of benzene rings is 1. The van der Waals surface area contributed by atoms with Gasteiger partial charge in [-0.05, 0) is 31.6 Å². The van der Waals surface area contributed by atoms with E-state index in [4.69, 9.17) is 0 Å². The van der Waals surface area contributed by atoms with Crippen LogP contribution in [0.3, 0.4) is 0 Å². The number of aromatic nitrogens is 3. The molecule has 0 bridgehead atoms. The number of likely N-dealkylation sites (tertiary alicyclic amines) is 1. The first-order valence-corrected chi connectivity index (χ1v) is 11.3. The van der Waals surface area contributed by atoms with E-state index in [-0.39, 0.29) is 5.91 Å². The number of nitrogens with zero attached hydrogens (tertiary/aromatic N) is 4. The molecule has 1 saturated heterocycles. The molecular formula is C22H28N4OS. The van der Waals surface area contributed by atoms with Gasteiger partial charge >= 0.3 is 0 Å². The van der Waals surface area contributed by atoms with Gasteiger partial charge in [0.15, 0.2) is 11.0 Å². The Morgan fingerprint density at radius 2 is 1.93 bits per heavy atom. The zero-order chi connectivity index (χ0) is 19.3. The molecule has 1 aliphatic heterocycles. The fourth-order valence-electron chi connectivity index (χ4n) is 4.63. The van der Waals surface area contributed by atoms with E-state index < -0.39 is 0 Å². The number of carbonyl (C=O) groups is 1. The van der Waals surface area contributed by atoms with Crippen LogP contribution in [0.4, 0.5) is 0 Å². The van der Waals surface area contributed by atoms with Crippen LogP contribution < -0.4 is 0 Å². The second-order valence-corrected chi connectivity index (χ2v) is 8.64. The molecule has 0 spiro atoms. The summed E-state index contributed by atoms with van der Waals surface area (Å²) in [6.45, 7) is 5.40. The van der Waals surface area contributed by atoms with Crippen molar-refractivity contribution in [2.45, 2.75) is 56.3 Å². The number of fused-ring (bicyclic) bond motifs is 1. The van der Waals surface area contributed by atoms with Gasteiger partial charge in [0, 0.05) is 24.7 Å². The third kappa shape index (κ3) is 4.02. The maximum Gasteiger partial charge on any atom is 0.233 e. The van der Waals surface area contributed by atoms with E-state index in [0.29, 0.717) is 24.3 Å². The molecule has 2 aliphatic rings. The molecule has 6 heteroatoms. The third-order valence-corrected chi connectivity index (χ3v) is 6.90. The van der Waals surface area contributed by atoms with Crippen LogP contribution in [0.1, 0.15) is 38.5 Å². The lowest BCUT2D eigenvalue weighted by Crippen LogP contribution is -2.50. The minimum absolute atomic E-state index is 0.246. The van der Waals surface area contributed by atoms with Crippen LogP contribution >= 0.6 is 11.8 Å². The van der Waals surface area contributed by atoms with Crippen LogP contribution in [-0.2, 0) is 11.3 Å². The highest BCUT2D eigenvalue weighted by molar-refractivity contribution is 7.99. The summed E-state index contributed by atoms with van der Waals surface area (Å²) < 4.78 is 2.04. The highest BCUT2D eigenvalue weighted by Gasteiger charge is 2.35. The van der Waals surface area contributed by atoms with E-state index in [1.807, 2.05) is 41.0 Å². The van der Waals surface area contributed by atoms with Gasteiger partial charge in [-0.2, -0.15) is 0 Å². The number of carbonyl (C=O) groups excluding carboxylic acids is 1. The van der Waals surface area contributed by atoms with Crippen LogP contribution in [0.5, 0.6) is 0 Å². The summed E-state index contributed by atoms with van der Waals surface area (Å²) in [5.41, 5.74) is 1.02. The Bertz CT molecular complexity index is 817. The van der Waals surface area contributed by atoms with Crippen molar-refractivity contribution in [1.29, 1.82) is 0 Å². The topological polar surface area (TPSA) is 51.0 Å². The lowest BCUT2D eigenvalue weighted by molar-refractivity contribution is -0.134. The Morgan fingerprint density at radius 3 is 2.75 bits per heavy atom. The zero-order valence-electron chi connectivity index (χ0n) is 16.3. The maximum atomic E-state index is 13.0. The van der Waals surface area contributed by atoms with E-state index in [2.05, 4.69) is 21.7 Å². The summed E-state index contributed by atoms with van der Waals surface area (Å²) in [6.07, 6.45) is 9.32. The molecule has 1 amide bonds. The lowest BCUT2D eigenvalue weighted by atomic mass is 9.78. The van der Waals surface area contributed by atoms with E-state index in [1.54, 1.807) is 0 Å². The molecular weight excluding hydrogens is 368 g/mol. The summed E-state index contributed by atoms with van der Waals surface area (Å²) in [4.78, 5) is 15.2. The molecule has 0 unspecified atom stereocenters. The highest BCUT2D eigenvalue weighted by atomic mass is 32.2. The van der Waals surface area contributed by atoms with Gasteiger partial charge in [-0.15, -0.1) is 16.8 Å². The molecule has 148 valence electrons. The van der Waals surface area contributed by atoms with Crippen molar-refractivity contribution in [2.75, 3.05) is 12.3 Å². The Kier molecular flexibility index (Phi) is 6.15. The van der Waals surface area contributed by atoms with Crippen molar-refractivity contribution in [1.82, 2.24) is 19.7 Å². The molecule has 2 heterocycles. The van der Waals surface area contributed by atoms with Gasteiger partial charge in [0.05, 0.1) is 5.75 Å². The molecule has 28 heavy (non-hydrogen) atoms. The predicted octanol–water partition coefficient (Wildman–Crippen LogP) is 4.40. The van der Waals surface area contributed by atoms with Crippen molar-refractivity contribution in [3.05, 3.63) is 43.0 Å². The second kappa shape index (κ2) is 8.95. The molecule has 0 N–H and O–H groups in total. The molecule has 2 fully saturated rings. The summed E-state index contributed by atoms with van der Waals surface area (Å²) in [5, 5.41) is 9.53. The maximum absolute atomic E-state index is 13.0. The van der Waals surface area contributed by atoms with Crippen molar-refractivity contribution >= 4 is 17.7 Å². The molecule has 5 nitrogen and oxygen atoms in total. The van der Waals surface area contributed by atoms with Crippen molar-refractivity contribution in [3.8, 4) is 11.4 Å². The van der Waals surface area contributed by atoms with E-state index in [0.717, 1.165) is 29.5 Å². The van der Waals surface area contributed by atoms with Crippen LogP contribution in [0, 0.1) is 5.92 Å². The van der Waals surface area contributed by atoms with Crippen molar-refractivity contribution in [3.63, 3.8) is 0 Å². The first kappa shape index (κ1) is 19.2. The van der Waals surface area contributed by atoms with Crippen LogP contribution in [0.2, 0.25) is 0 Å². The molecule has 2 aromatic rings. The smallest absolute Gasteiger partial charge is 0.233 e. The minimum Gasteiger partial charge on any atom is -0.339 e. The molecule has 4 rings (SSSR count). The Hall–Kier alpha value is -2.08. The molecule has 1 aromatic heterocycles. The standard InChI is InChI=1S/C22H28N4OS/c1-2-14-26-21(18-10-4-3-5-11-18)23-24-22(26)28-16-20(27)25-15-8-12-17-9-6-7-13-19(17)25/h2-5,10-11,17,19H,1,6-9,12-16H2/t17-,19+/m1/s1. The largest absolute Gasteiger partial charge is 0.339 e. The monoisotopic (exact) mass is 396 g/mol. The van der Waals surface area contributed by atoms with Gasteiger partial charge in [0.1, 0.15) is 0 Å². The highest BCUT2D eigenvalue weighted by Crippen LogP contribution is 2.35. The van der Waals surface area contributed by atoms with E-state index in [1.165, 1.54) is 43.9 Å². The average molecular weight is 397 g/mol. The normalized spacial score (nSPS) is 21.9. The van der Waals surface area contributed by atoms with Gasteiger partial charge in [-0.3, -0.25) is 9.36 Å². The van der Waals surface area contributed by atoms with E-state index in [9.17, 15) is 4.79 Å². The number of hydrogen-bond donors (Lipinski definition) is 0. The van der Waals surface area contributed by atoms with Crippen LogP contribution in [0.15, 0.2) is 48.1 Å². The van der Waals surface area contributed by atoms with Crippen molar-refractivity contribution in [2.24, 2.45) is 5.92 Å². The van der Waals surface area contributed by atoms with Gasteiger partial charge in [-0.25, -0.2) is 0 Å². The van der Waals surface area contributed by atoms with E-state index >= 15 is 0 Å². The summed E-state index contributed by atoms with van der Waals surface area (Å²) in [5.74, 6) is 2.20. The molecule has 0 radical (unpaired) electrons. The number of amides is 1. The van der Waals surface area contributed by atoms with Gasteiger partial charge < -0.3 is 4.90 Å². The molecule has 1 aromatic carbocycles. The van der Waals surface area contributed by atoms with Crippen LogP contribution in [-0.4, -0.2) is 43.9 Å². The fraction of sp³-hybridized carbons (Fsp3) is 0.500. The zero-order valence-corrected chi connectivity index (χ0v) is 17.1. The molecule has 1 saturated carbocycles. The Labute approximate surface area is 171 Å². The van der Waals surface area contributed by atoms with Gasteiger partial charge in [0.2, 0.25) is 5.91 Å². The number of hydrogen-bond acceptors (Lipinski definition) is 4. The minimum atomic E-state index is 0.246. The average Bonchev–Trinajstić information content (AvgIpc) is 3.15. The number of rotatable bonds is 6. The number of piperidine rings is 1. The van der Waals surface area contributed by atoms with Crippen LogP contribution in [0.25, 0.3) is 11.4 Å². The Morgan fingerprint density at radius 1 is 1.14 bits per heavy atom. The lowest BCUT2D eigenvalue weighted by Gasteiger charge is -2.44. The van der Waals surface area contributed by atoms with Gasteiger partial charge in [0.25, 0.3) is 0 Å². The first-order valence-electron chi connectivity index (χ1n) is 10.3. The predicted molar refractivity (Wildman–Crippen MR) is 113 cm³/mol. The third-order valence-electron chi connectivity index (χ3n) is 5.95. The first-order chi connectivity index (χ1) is 13.8. The summed E-state index contributed by atoms with van der Waals surface area (Å²) in [7, 11) is 0. The SMILES string of the molecule is C=CCn1c(SCC(=O)N2CCC[C@H]3CCCC[C@@H]32)nnc1-c1ccccc1. The van der Waals surface area contributed by atoms with Crippen molar-refractivity contribution < 1.29 is 4.79 Å². The molecule has 1 aliphatic carbocycles.